The van der Waals surface area contributed by atoms with Gasteiger partial charge in [0.25, 0.3) is 0 Å². The van der Waals surface area contributed by atoms with Crippen LogP contribution in [0.1, 0.15) is 54.9 Å². The van der Waals surface area contributed by atoms with E-state index in [4.69, 9.17) is 9.47 Å². The highest BCUT2D eigenvalue weighted by molar-refractivity contribution is 5.57. The molecule has 1 fully saturated rings. The molecule has 164 valence electrons. The fourth-order valence-corrected chi connectivity index (χ4v) is 3.85. The molecule has 0 amide bonds. The molecular weight excluding hydrogens is 374 g/mol. The third-order valence-corrected chi connectivity index (χ3v) is 5.55. The maximum Gasteiger partial charge on any atom is 0.168 e. The Bertz CT molecular complexity index is 786. The second-order valence-electron chi connectivity index (χ2n) is 7.60. The van der Waals surface area contributed by atoms with Gasteiger partial charge in [0.15, 0.2) is 5.79 Å². The summed E-state index contributed by atoms with van der Waals surface area (Å²) in [4.78, 5) is 0. The van der Waals surface area contributed by atoms with Gasteiger partial charge in [-0.1, -0.05) is 49.4 Å². The Hall–Kier alpha value is -2.18. The summed E-state index contributed by atoms with van der Waals surface area (Å²) in [5.74, 6) is 7.74. The number of unbranched alkanes of at least 4 members (excludes halogenated alkanes) is 1. The smallest absolute Gasteiger partial charge is 0.168 e. The molecule has 2 aliphatic heterocycles. The Morgan fingerprint density at radius 3 is 2.43 bits per heavy atom. The van der Waals surface area contributed by atoms with Crippen LogP contribution in [0.2, 0.25) is 0 Å². The van der Waals surface area contributed by atoms with Crippen molar-refractivity contribution in [3.8, 4) is 0 Å². The van der Waals surface area contributed by atoms with Crippen molar-refractivity contribution in [2.45, 2.75) is 58.3 Å². The van der Waals surface area contributed by atoms with Gasteiger partial charge in [-0.15, -0.1) is 6.58 Å². The summed E-state index contributed by atoms with van der Waals surface area (Å²) >= 11 is 0. The Labute approximate surface area is 181 Å². The van der Waals surface area contributed by atoms with Gasteiger partial charge in [-0.3, -0.25) is 11.7 Å². The number of benzene rings is 2. The van der Waals surface area contributed by atoms with Crippen molar-refractivity contribution in [3.05, 3.63) is 77.4 Å². The molecule has 0 aromatic heterocycles. The van der Waals surface area contributed by atoms with Crippen LogP contribution in [0.25, 0.3) is 0 Å². The van der Waals surface area contributed by atoms with Crippen LogP contribution in [0, 0.1) is 6.92 Å². The van der Waals surface area contributed by atoms with E-state index in [1.165, 1.54) is 27.9 Å². The third kappa shape index (κ3) is 6.67. The Morgan fingerprint density at radius 2 is 1.77 bits per heavy atom. The Kier molecular flexibility index (Phi) is 10.0. The summed E-state index contributed by atoms with van der Waals surface area (Å²) in [5, 5.41) is 3.52. The van der Waals surface area contributed by atoms with Crippen molar-refractivity contribution in [1.82, 2.24) is 0 Å². The van der Waals surface area contributed by atoms with Gasteiger partial charge >= 0.3 is 0 Å². The monoisotopic (exact) mass is 411 g/mol. The van der Waals surface area contributed by atoms with E-state index >= 15 is 0 Å². The van der Waals surface area contributed by atoms with E-state index in [9.17, 15) is 0 Å². The van der Waals surface area contributed by atoms with Crippen molar-refractivity contribution in [3.63, 3.8) is 0 Å². The van der Waals surface area contributed by atoms with Crippen molar-refractivity contribution < 1.29 is 9.47 Å². The summed E-state index contributed by atoms with van der Waals surface area (Å²) in [5.41, 5.74) is 6.86. The average molecular weight is 412 g/mol. The molecule has 2 aromatic carbocycles. The number of aryl methyl sites for hydroxylation is 1. The van der Waals surface area contributed by atoms with Crippen molar-refractivity contribution in [2.24, 2.45) is 11.7 Å². The molecule has 0 aliphatic carbocycles. The fourth-order valence-electron chi connectivity index (χ4n) is 3.85. The molecule has 0 saturated carbocycles. The molecule has 5 N–H and O–H groups in total. The summed E-state index contributed by atoms with van der Waals surface area (Å²) in [7, 11) is 0. The lowest BCUT2D eigenvalue weighted by atomic mass is 10.00. The van der Waals surface area contributed by atoms with E-state index in [-0.39, 0.29) is 5.79 Å². The van der Waals surface area contributed by atoms with E-state index in [1.807, 2.05) is 6.08 Å². The van der Waals surface area contributed by atoms with E-state index in [0.717, 1.165) is 51.9 Å². The summed E-state index contributed by atoms with van der Waals surface area (Å²) in [6, 6.07) is 15.3. The van der Waals surface area contributed by atoms with Gasteiger partial charge in [0.1, 0.15) is 0 Å². The largest absolute Gasteiger partial charge is 0.381 e. The first-order valence-electron chi connectivity index (χ1n) is 10.8. The lowest BCUT2D eigenvalue weighted by Gasteiger charge is -2.25. The van der Waals surface area contributed by atoms with E-state index in [1.54, 1.807) is 0 Å². The topological polar surface area (TPSA) is 82.5 Å². The van der Waals surface area contributed by atoms with Crippen molar-refractivity contribution in [1.29, 1.82) is 0 Å². The van der Waals surface area contributed by atoms with Crippen LogP contribution in [0.4, 0.5) is 5.69 Å². The number of fused-ring (bicyclic) bond motifs is 2. The van der Waals surface area contributed by atoms with Gasteiger partial charge in [0.05, 0.1) is 13.2 Å². The predicted octanol–water partition coefficient (Wildman–Crippen LogP) is 4.83. The summed E-state index contributed by atoms with van der Waals surface area (Å²) in [6.07, 6.45) is 7.09. The van der Waals surface area contributed by atoms with Crippen LogP contribution < -0.4 is 17.0 Å². The fraction of sp³-hybridized carbons (Fsp3) is 0.440. The van der Waals surface area contributed by atoms with Gasteiger partial charge in [0.2, 0.25) is 0 Å². The Morgan fingerprint density at radius 1 is 1.07 bits per heavy atom. The minimum atomic E-state index is -0.261. The maximum absolute atomic E-state index is 5.58. The van der Waals surface area contributed by atoms with Crippen molar-refractivity contribution in [2.75, 3.05) is 18.5 Å². The first-order valence-corrected chi connectivity index (χ1v) is 10.8. The number of nitrogens with two attached hydrogens (primary N) is 2. The van der Waals surface area contributed by atoms with Gasteiger partial charge in [-0.25, -0.2) is 0 Å². The van der Waals surface area contributed by atoms with Gasteiger partial charge in [-0.2, -0.15) is 0 Å². The minimum absolute atomic E-state index is 0.261. The first-order chi connectivity index (χ1) is 14.7. The average Bonchev–Trinajstić information content (AvgIpc) is 3.18. The van der Waals surface area contributed by atoms with Crippen LogP contribution >= 0.6 is 0 Å². The standard InChI is InChI=1S/C15H15N.C10H18O2.H4N2/c1-11-6-7-13-9-12-4-2-3-5-14(12)10-16-15(13)8-11;1-3-5-6-7-10(4-2)11-8-9-12-10;1-2/h2-8,16H,9-10H2,1H3;3H,1,4-9H2,2H3;1-2H2. The van der Waals surface area contributed by atoms with Crippen LogP contribution in [0.3, 0.4) is 0 Å². The van der Waals surface area contributed by atoms with Crippen LogP contribution in [-0.2, 0) is 22.4 Å². The number of rotatable bonds is 5. The molecule has 5 heteroatoms. The predicted molar refractivity (Wildman–Crippen MR) is 125 cm³/mol. The number of hydrogen-bond acceptors (Lipinski definition) is 5. The molecule has 2 aromatic rings. The van der Waals surface area contributed by atoms with E-state index < -0.39 is 0 Å². The molecule has 4 rings (SSSR count). The number of nitrogens with one attached hydrogen (secondary N) is 1. The molecule has 5 nitrogen and oxygen atoms in total. The number of allylic oxidation sites excluding steroid dienone is 1. The maximum atomic E-state index is 5.58. The van der Waals surface area contributed by atoms with E-state index in [0.29, 0.717) is 0 Å². The SMILES string of the molecule is C=CCCCC1(CC)OCCO1.Cc1ccc2c(c1)NCc1ccccc1C2.NN. The number of anilines is 1. The number of hydrogen-bond donors (Lipinski definition) is 3. The van der Waals surface area contributed by atoms with Gasteiger partial charge < -0.3 is 14.8 Å². The summed E-state index contributed by atoms with van der Waals surface area (Å²) < 4.78 is 11.2. The number of hydrazine groups is 1. The van der Waals surface area contributed by atoms with Crippen LogP contribution in [-0.4, -0.2) is 19.0 Å². The second kappa shape index (κ2) is 12.5. The molecule has 30 heavy (non-hydrogen) atoms. The molecule has 0 atom stereocenters. The zero-order valence-electron chi connectivity index (χ0n) is 18.5. The summed E-state index contributed by atoms with van der Waals surface area (Å²) in [6.45, 7) is 10.4. The quantitative estimate of drug-likeness (QED) is 0.284. The normalized spacial score (nSPS) is 15.7. The van der Waals surface area contributed by atoms with Crippen LogP contribution in [0.5, 0.6) is 0 Å². The highest BCUT2D eigenvalue weighted by Crippen LogP contribution is 2.29. The molecule has 0 radical (unpaired) electrons. The molecule has 2 aliphatic rings. The molecule has 0 unspecified atom stereocenters. The lowest BCUT2D eigenvalue weighted by molar-refractivity contribution is -0.164. The van der Waals surface area contributed by atoms with Gasteiger partial charge in [-0.05, 0) is 60.9 Å². The van der Waals surface area contributed by atoms with Crippen molar-refractivity contribution >= 4 is 5.69 Å². The molecule has 1 saturated heterocycles. The third-order valence-electron chi connectivity index (χ3n) is 5.55. The second-order valence-corrected chi connectivity index (χ2v) is 7.60. The molecular formula is C25H37N3O2. The molecule has 2 heterocycles. The van der Waals surface area contributed by atoms with E-state index in [2.05, 4.69) is 79.9 Å². The minimum Gasteiger partial charge on any atom is -0.381 e. The highest BCUT2D eigenvalue weighted by atomic mass is 16.7. The molecule has 0 spiro atoms. The lowest BCUT2D eigenvalue weighted by Crippen LogP contribution is -2.28. The zero-order chi connectivity index (χ0) is 21.8. The first kappa shape index (κ1) is 24.1. The van der Waals surface area contributed by atoms with Crippen LogP contribution in [0.15, 0.2) is 55.1 Å². The Balaban J connectivity index is 0.000000205. The highest BCUT2D eigenvalue weighted by Gasteiger charge is 2.33. The molecule has 0 bridgehead atoms. The number of ether oxygens (including phenoxy) is 2. The van der Waals surface area contributed by atoms with Gasteiger partial charge in [0, 0.05) is 18.7 Å². The zero-order valence-corrected chi connectivity index (χ0v) is 18.5.